The third-order valence-electron chi connectivity index (χ3n) is 6.18. The predicted octanol–water partition coefficient (Wildman–Crippen LogP) is 6.56. The molecule has 3 rings (SSSR count). The van der Waals surface area contributed by atoms with Crippen LogP contribution in [0.1, 0.15) is 64.8 Å². The van der Waals surface area contributed by atoms with E-state index in [0.717, 1.165) is 41.0 Å². The number of benzene rings is 2. The maximum Gasteiger partial charge on any atom is 0.322 e. The number of hydrogen-bond acceptors (Lipinski definition) is 3. The van der Waals surface area contributed by atoms with Crippen LogP contribution in [-0.2, 0) is 16.6 Å². The molecule has 0 saturated heterocycles. The van der Waals surface area contributed by atoms with Crippen LogP contribution in [0, 0.1) is 12.8 Å². The molecule has 0 unspecified atom stereocenters. The van der Waals surface area contributed by atoms with Gasteiger partial charge in [0, 0.05) is 23.7 Å². The summed E-state index contributed by atoms with van der Waals surface area (Å²) in [6.07, 6.45) is 1.68. The van der Waals surface area contributed by atoms with Crippen molar-refractivity contribution in [2.24, 2.45) is 5.92 Å². The van der Waals surface area contributed by atoms with Crippen molar-refractivity contribution in [1.82, 2.24) is 14.7 Å². The molecule has 0 aliphatic heterocycles. The summed E-state index contributed by atoms with van der Waals surface area (Å²) in [5, 5.41) is 10.8. The van der Waals surface area contributed by atoms with Crippen molar-refractivity contribution in [1.29, 1.82) is 0 Å². The Hall–Kier alpha value is -3.61. The smallest absolute Gasteiger partial charge is 0.315 e. The van der Waals surface area contributed by atoms with Crippen LogP contribution >= 0.6 is 0 Å². The standard InChI is InChI=1S/C30H41N5O2/c1-8-23-12-10-13-24(18-23)31-29(37)34(16-15-21(2)3)20-28(36)32-27-19-26(30(5,6)7)33-35(27)25-14-9-11-22(4)17-25/h9-14,17-19,21H,8,15-16,20H2,1-7H3,(H,31,37)(H,32,36). The summed E-state index contributed by atoms with van der Waals surface area (Å²) < 4.78 is 1.76. The van der Waals surface area contributed by atoms with Gasteiger partial charge in [0.1, 0.15) is 12.4 Å². The van der Waals surface area contributed by atoms with Gasteiger partial charge in [-0.3, -0.25) is 4.79 Å². The van der Waals surface area contributed by atoms with Gasteiger partial charge >= 0.3 is 6.03 Å². The Morgan fingerprint density at radius 2 is 1.76 bits per heavy atom. The van der Waals surface area contributed by atoms with Crippen molar-refractivity contribution in [2.45, 2.75) is 66.7 Å². The number of aryl methyl sites for hydroxylation is 2. The van der Waals surface area contributed by atoms with Crippen LogP contribution in [0.15, 0.2) is 54.6 Å². The molecule has 0 bridgehead atoms. The van der Waals surface area contributed by atoms with Crippen molar-refractivity contribution >= 4 is 23.4 Å². The summed E-state index contributed by atoms with van der Waals surface area (Å²) >= 11 is 0. The van der Waals surface area contributed by atoms with Crippen LogP contribution in [0.3, 0.4) is 0 Å². The molecule has 37 heavy (non-hydrogen) atoms. The molecule has 198 valence electrons. The van der Waals surface area contributed by atoms with E-state index >= 15 is 0 Å². The normalized spacial score (nSPS) is 11.5. The predicted molar refractivity (Wildman–Crippen MR) is 151 cm³/mol. The first-order valence-corrected chi connectivity index (χ1v) is 13.1. The first-order valence-electron chi connectivity index (χ1n) is 13.1. The van der Waals surface area contributed by atoms with Gasteiger partial charge in [-0.25, -0.2) is 9.48 Å². The molecule has 1 heterocycles. The molecule has 3 amide bonds. The highest BCUT2D eigenvalue weighted by Gasteiger charge is 2.23. The van der Waals surface area contributed by atoms with Gasteiger partial charge in [0.05, 0.1) is 11.4 Å². The summed E-state index contributed by atoms with van der Waals surface area (Å²) in [5.41, 5.74) is 4.52. The molecule has 0 aliphatic carbocycles. The molecule has 0 aliphatic rings. The molecule has 7 nitrogen and oxygen atoms in total. The van der Waals surface area contributed by atoms with Gasteiger partial charge in [-0.15, -0.1) is 0 Å². The SMILES string of the molecule is CCc1cccc(NC(=O)N(CCC(C)C)CC(=O)Nc2cc(C(C)(C)C)nn2-c2cccc(C)c2)c1. The maximum absolute atomic E-state index is 13.3. The van der Waals surface area contributed by atoms with E-state index < -0.39 is 0 Å². The molecule has 2 N–H and O–H groups in total. The molecule has 0 atom stereocenters. The molecule has 0 saturated carbocycles. The number of carbonyl (C=O) groups is 2. The van der Waals surface area contributed by atoms with Crippen molar-refractivity contribution in [3.63, 3.8) is 0 Å². The second-order valence-electron chi connectivity index (χ2n) is 11.1. The summed E-state index contributed by atoms with van der Waals surface area (Å²) in [6.45, 7) is 15.0. The fourth-order valence-corrected chi connectivity index (χ4v) is 3.89. The number of anilines is 2. The van der Waals surface area contributed by atoms with Gasteiger partial charge in [-0.1, -0.05) is 65.8 Å². The van der Waals surface area contributed by atoms with Crippen molar-refractivity contribution in [3.05, 3.63) is 71.4 Å². The zero-order valence-corrected chi connectivity index (χ0v) is 23.3. The van der Waals surface area contributed by atoms with E-state index in [9.17, 15) is 9.59 Å². The Morgan fingerprint density at radius 1 is 1.03 bits per heavy atom. The Labute approximate surface area is 221 Å². The van der Waals surface area contributed by atoms with Crippen LogP contribution in [0.5, 0.6) is 0 Å². The molecule has 7 heteroatoms. The minimum absolute atomic E-state index is 0.0597. The highest BCUT2D eigenvalue weighted by Crippen LogP contribution is 2.26. The number of amides is 3. The van der Waals surface area contributed by atoms with E-state index in [4.69, 9.17) is 5.10 Å². The van der Waals surface area contributed by atoms with Crippen LogP contribution in [0.25, 0.3) is 5.69 Å². The largest absolute Gasteiger partial charge is 0.322 e. The summed E-state index contributed by atoms with van der Waals surface area (Å²) in [4.78, 5) is 28.0. The van der Waals surface area contributed by atoms with Gasteiger partial charge in [0.15, 0.2) is 0 Å². The van der Waals surface area contributed by atoms with Gasteiger partial charge in [0.2, 0.25) is 5.91 Å². The lowest BCUT2D eigenvalue weighted by Gasteiger charge is -2.24. The number of nitrogens with zero attached hydrogens (tertiary/aromatic N) is 3. The Balaban J connectivity index is 1.82. The average Bonchev–Trinajstić information content (AvgIpc) is 3.26. The number of hydrogen-bond donors (Lipinski definition) is 2. The molecule has 0 fully saturated rings. The number of carbonyl (C=O) groups excluding carboxylic acids is 2. The van der Waals surface area contributed by atoms with Crippen LogP contribution in [0.2, 0.25) is 0 Å². The van der Waals surface area contributed by atoms with E-state index in [-0.39, 0.29) is 23.9 Å². The number of aromatic nitrogens is 2. The van der Waals surface area contributed by atoms with Crippen LogP contribution in [-0.4, -0.2) is 39.7 Å². The van der Waals surface area contributed by atoms with Crippen molar-refractivity contribution < 1.29 is 9.59 Å². The minimum atomic E-state index is -0.286. The number of rotatable bonds is 9. The van der Waals surface area contributed by atoms with E-state index in [1.165, 1.54) is 0 Å². The fourth-order valence-electron chi connectivity index (χ4n) is 3.89. The van der Waals surface area contributed by atoms with Gasteiger partial charge < -0.3 is 15.5 Å². The van der Waals surface area contributed by atoms with E-state index in [2.05, 4.69) is 52.2 Å². The van der Waals surface area contributed by atoms with Crippen LogP contribution in [0.4, 0.5) is 16.3 Å². The maximum atomic E-state index is 13.3. The first kappa shape index (κ1) is 28.0. The van der Waals surface area contributed by atoms with Gasteiger partial charge in [0.25, 0.3) is 0 Å². The molecular formula is C30H41N5O2. The molecule has 0 spiro atoms. The van der Waals surface area contributed by atoms with Crippen molar-refractivity contribution in [3.8, 4) is 5.69 Å². The molecular weight excluding hydrogens is 462 g/mol. The monoisotopic (exact) mass is 503 g/mol. The van der Waals surface area contributed by atoms with E-state index in [1.54, 1.807) is 9.58 Å². The lowest BCUT2D eigenvalue weighted by molar-refractivity contribution is -0.116. The topological polar surface area (TPSA) is 79.3 Å². The van der Waals surface area contributed by atoms with Crippen molar-refractivity contribution in [2.75, 3.05) is 23.7 Å². The van der Waals surface area contributed by atoms with Gasteiger partial charge in [-0.05, 0) is 61.1 Å². The minimum Gasteiger partial charge on any atom is -0.315 e. The third-order valence-corrected chi connectivity index (χ3v) is 6.18. The summed E-state index contributed by atoms with van der Waals surface area (Å²) in [6, 6.07) is 17.4. The summed E-state index contributed by atoms with van der Waals surface area (Å²) in [7, 11) is 0. The van der Waals surface area contributed by atoms with E-state index in [1.807, 2.05) is 61.5 Å². The lowest BCUT2D eigenvalue weighted by atomic mass is 9.92. The quantitative estimate of drug-likeness (QED) is 0.347. The Bertz CT molecular complexity index is 1220. The Morgan fingerprint density at radius 3 is 2.41 bits per heavy atom. The molecule has 3 aromatic rings. The number of urea groups is 1. The molecule has 2 aromatic carbocycles. The first-order chi connectivity index (χ1) is 17.5. The van der Waals surface area contributed by atoms with Crippen LogP contribution < -0.4 is 10.6 Å². The second kappa shape index (κ2) is 12.1. The Kier molecular flexibility index (Phi) is 9.14. The third kappa shape index (κ3) is 7.94. The fraction of sp³-hybridized carbons (Fsp3) is 0.433. The molecule has 1 aromatic heterocycles. The highest BCUT2D eigenvalue weighted by atomic mass is 16.2. The average molecular weight is 504 g/mol. The highest BCUT2D eigenvalue weighted by molar-refractivity contribution is 5.96. The zero-order valence-electron chi connectivity index (χ0n) is 23.3. The zero-order chi connectivity index (χ0) is 27.2. The number of nitrogens with one attached hydrogen (secondary N) is 2. The second-order valence-corrected chi connectivity index (χ2v) is 11.1. The summed E-state index contributed by atoms with van der Waals surface area (Å²) in [5.74, 6) is 0.717. The van der Waals surface area contributed by atoms with E-state index in [0.29, 0.717) is 18.3 Å². The lowest BCUT2D eigenvalue weighted by Crippen LogP contribution is -2.41. The molecule has 0 radical (unpaired) electrons. The van der Waals surface area contributed by atoms with Gasteiger partial charge in [-0.2, -0.15) is 5.10 Å².